The van der Waals surface area contributed by atoms with Crippen LogP contribution in [0.1, 0.15) is 244 Å². The molecule has 4 fully saturated rings. The summed E-state index contributed by atoms with van der Waals surface area (Å²) in [6.45, 7) is 25.5. The van der Waals surface area contributed by atoms with Crippen LogP contribution in [0.25, 0.3) is 0 Å². The van der Waals surface area contributed by atoms with Crippen LogP contribution in [-0.2, 0) is 0 Å². The predicted molar refractivity (Wildman–Crippen MR) is 190 cm³/mol. The first-order valence-corrected chi connectivity index (χ1v) is 19.0. The summed E-state index contributed by atoms with van der Waals surface area (Å²) in [4.78, 5) is 0. The molecule has 0 saturated heterocycles. The maximum Gasteiger partial charge on any atom is -0.0386 e. The maximum absolute atomic E-state index is 2.12. The Labute approximate surface area is 255 Å². The fourth-order valence-electron chi connectivity index (χ4n) is 4.80. The van der Waals surface area contributed by atoms with Gasteiger partial charge in [0.15, 0.2) is 0 Å². The first-order valence-electron chi connectivity index (χ1n) is 19.0. The van der Waals surface area contributed by atoms with Gasteiger partial charge in [-0.15, -0.1) is 0 Å². The molecule has 0 aromatic rings. The Bertz CT molecular complexity index is 239. The number of fused-ring (bicyclic) bond motifs is 1. The standard InChI is InChI=1S/C10H18.C6H12.C5H10.6C3H8/c1-2-6-10-8-4-3-7-9(10)5-1;1-2-4-6-5-3-1;1-2-4-5-3-1;6*1-3-2/h9-10H,1-8H2;1-6H2;1-5H2;6*3H2,1-2H3. The van der Waals surface area contributed by atoms with Crippen molar-refractivity contribution in [2.24, 2.45) is 11.8 Å². The van der Waals surface area contributed by atoms with Crippen LogP contribution >= 0.6 is 0 Å². The summed E-state index contributed by atoms with van der Waals surface area (Å²) >= 11 is 0. The number of hydrogen-bond donors (Lipinski definition) is 0. The van der Waals surface area contributed by atoms with Crippen molar-refractivity contribution in [1.82, 2.24) is 0 Å². The fourth-order valence-corrected chi connectivity index (χ4v) is 4.80. The van der Waals surface area contributed by atoms with Crippen molar-refractivity contribution < 1.29 is 0 Å². The van der Waals surface area contributed by atoms with E-state index in [0.717, 1.165) is 11.8 Å². The molecule has 244 valence electrons. The molecule has 4 aliphatic rings. The molecule has 0 aromatic heterocycles. The molecule has 4 rings (SSSR count). The van der Waals surface area contributed by atoms with Gasteiger partial charge in [-0.1, -0.05) is 244 Å². The minimum absolute atomic E-state index is 1.16. The molecule has 0 heteroatoms. The first-order chi connectivity index (χ1) is 19.0. The van der Waals surface area contributed by atoms with Gasteiger partial charge >= 0.3 is 0 Å². The quantitative estimate of drug-likeness (QED) is 0.278. The average Bonchev–Trinajstić information content (AvgIpc) is 3.54. The zero-order valence-corrected chi connectivity index (χ0v) is 30.8. The molecule has 0 nitrogen and oxygen atoms in total. The van der Waals surface area contributed by atoms with Crippen molar-refractivity contribution in [2.45, 2.75) is 244 Å². The van der Waals surface area contributed by atoms with Gasteiger partial charge in [0.25, 0.3) is 0 Å². The van der Waals surface area contributed by atoms with Crippen LogP contribution in [-0.4, -0.2) is 0 Å². The minimum atomic E-state index is 1.16. The van der Waals surface area contributed by atoms with Crippen LogP contribution in [0.5, 0.6) is 0 Å². The monoisotopic (exact) mass is 557 g/mol. The van der Waals surface area contributed by atoms with E-state index in [-0.39, 0.29) is 0 Å². The highest BCUT2D eigenvalue weighted by Crippen LogP contribution is 2.40. The number of rotatable bonds is 0. The molecule has 0 bridgehead atoms. The van der Waals surface area contributed by atoms with Gasteiger partial charge < -0.3 is 0 Å². The van der Waals surface area contributed by atoms with Crippen LogP contribution in [0.3, 0.4) is 0 Å². The molecule has 39 heavy (non-hydrogen) atoms. The van der Waals surface area contributed by atoms with E-state index in [4.69, 9.17) is 0 Å². The molecule has 0 atom stereocenters. The fraction of sp³-hybridized carbons (Fsp3) is 1.00. The van der Waals surface area contributed by atoms with Crippen molar-refractivity contribution in [3.05, 3.63) is 0 Å². The average molecular weight is 557 g/mol. The van der Waals surface area contributed by atoms with E-state index in [1.54, 1.807) is 25.7 Å². The van der Waals surface area contributed by atoms with Gasteiger partial charge in [0, 0.05) is 0 Å². The molecular weight excluding hydrogens is 468 g/mol. The SMILES string of the molecule is C1CCC2CCCCC2C1.C1CCCC1.C1CCCCC1.CCC.CCC.CCC.CCC.CCC.CCC. The lowest BCUT2D eigenvalue weighted by Gasteiger charge is -2.35. The largest absolute Gasteiger partial charge is 0.0656 e. The minimum Gasteiger partial charge on any atom is -0.0656 e. The molecule has 4 aliphatic carbocycles. The lowest BCUT2D eigenvalue weighted by atomic mass is 9.71. The molecule has 0 radical (unpaired) electrons. The van der Waals surface area contributed by atoms with Gasteiger partial charge in [-0.3, -0.25) is 0 Å². The smallest absolute Gasteiger partial charge is 0.0386 e. The van der Waals surface area contributed by atoms with E-state index >= 15 is 0 Å². The van der Waals surface area contributed by atoms with Crippen LogP contribution in [0.15, 0.2) is 0 Å². The molecule has 0 N–H and O–H groups in total. The topological polar surface area (TPSA) is 0 Å². The van der Waals surface area contributed by atoms with E-state index in [1.807, 2.05) is 0 Å². The summed E-state index contributed by atoms with van der Waals surface area (Å²) < 4.78 is 0. The Hall–Kier alpha value is 0. The van der Waals surface area contributed by atoms with Crippen LogP contribution < -0.4 is 0 Å². The van der Waals surface area contributed by atoms with E-state index in [2.05, 4.69) is 83.1 Å². The maximum atomic E-state index is 2.12. The van der Waals surface area contributed by atoms with Gasteiger partial charge in [-0.25, -0.2) is 0 Å². The third-order valence-electron chi connectivity index (χ3n) is 6.22. The summed E-state index contributed by atoms with van der Waals surface area (Å²) in [7, 11) is 0. The molecule has 0 heterocycles. The van der Waals surface area contributed by atoms with Gasteiger partial charge in [0.05, 0.1) is 0 Å². The van der Waals surface area contributed by atoms with Crippen LogP contribution in [0.4, 0.5) is 0 Å². The summed E-state index contributed by atoms with van der Waals surface area (Å²) in [6, 6.07) is 0. The highest BCUT2D eigenvalue weighted by Gasteiger charge is 2.26. The second-order valence-electron chi connectivity index (χ2n) is 12.2. The molecule has 0 unspecified atom stereocenters. The van der Waals surface area contributed by atoms with Gasteiger partial charge in [0.1, 0.15) is 0 Å². The lowest BCUT2D eigenvalue weighted by molar-refractivity contribution is 0.171. The van der Waals surface area contributed by atoms with Gasteiger partial charge in [-0.2, -0.15) is 0 Å². The molecule has 0 aromatic carbocycles. The zero-order chi connectivity index (χ0) is 30.8. The zero-order valence-electron chi connectivity index (χ0n) is 30.8. The van der Waals surface area contributed by atoms with Gasteiger partial charge in [-0.05, 0) is 11.8 Å². The normalized spacial score (nSPS) is 20.0. The predicted octanol–water partition coefficient (Wildman–Crippen LogP) is 16.2. The van der Waals surface area contributed by atoms with Gasteiger partial charge in [0.2, 0.25) is 0 Å². The van der Waals surface area contributed by atoms with E-state index in [1.165, 1.54) is 135 Å². The Balaban J connectivity index is -0.000000118. The third kappa shape index (κ3) is 58.6. The van der Waals surface area contributed by atoms with Crippen molar-refractivity contribution in [1.29, 1.82) is 0 Å². The Kier molecular flexibility index (Phi) is 67.6. The van der Waals surface area contributed by atoms with E-state index in [9.17, 15) is 0 Å². The number of hydrogen-bond acceptors (Lipinski definition) is 0. The van der Waals surface area contributed by atoms with E-state index < -0.39 is 0 Å². The molecule has 0 amide bonds. The second-order valence-corrected chi connectivity index (χ2v) is 12.2. The molecule has 0 aliphatic heterocycles. The molecule has 0 spiro atoms. The summed E-state index contributed by atoms with van der Waals surface area (Å²) in [6.07, 6.45) is 36.4. The highest BCUT2D eigenvalue weighted by molar-refractivity contribution is 4.78. The highest BCUT2D eigenvalue weighted by atomic mass is 14.3. The Morgan fingerprint density at radius 1 is 0.231 bits per heavy atom. The first kappa shape index (κ1) is 48.7. The third-order valence-corrected chi connectivity index (χ3v) is 6.22. The summed E-state index contributed by atoms with van der Waals surface area (Å²) in [5, 5.41) is 0. The van der Waals surface area contributed by atoms with Crippen LogP contribution in [0.2, 0.25) is 0 Å². The lowest BCUT2D eigenvalue weighted by Crippen LogP contribution is -2.22. The summed E-state index contributed by atoms with van der Waals surface area (Å²) in [5.74, 6) is 2.31. The van der Waals surface area contributed by atoms with E-state index in [0.29, 0.717) is 0 Å². The van der Waals surface area contributed by atoms with Crippen LogP contribution in [0, 0.1) is 11.8 Å². The molecular formula is C39H88. The molecule has 4 saturated carbocycles. The Morgan fingerprint density at radius 3 is 0.436 bits per heavy atom. The van der Waals surface area contributed by atoms with Crippen molar-refractivity contribution in [2.75, 3.05) is 0 Å². The van der Waals surface area contributed by atoms with Crippen molar-refractivity contribution in [3.63, 3.8) is 0 Å². The second kappa shape index (κ2) is 54.1. The Morgan fingerprint density at radius 2 is 0.333 bits per heavy atom. The summed E-state index contributed by atoms with van der Waals surface area (Å²) in [5.41, 5.74) is 0. The van der Waals surface area contributed by atoms with Crippen molar-refractivity contribution in [3.8, 4) is 0 Å². The van der Waals surface area contributed by atoms with Crippen molar-refractivity contribution >= 4 is 0 Å².